The van der Waals surface area contributed by atoms with Crippen molar-refractivity contribution in [3.05, 3.63) is 90.0 Å². The van der Waals surface area contributed by atoms with Crippen molar-refractivity contribution in [2.75, 3.05) is 24.0 Å². The van der Waals surface area contributed by atoms with Crippen molar-refractivity contribution in [1.82, 2.24) is 5.32 Å². The molecule has 0 saturated carbocycles. The number of carbonyl (C=O) groups excluding carboxylic acids is 1. The van der Waals surface area contributed by atoms with Crippen LogP contribution in [-0.2, 0) is 14.8 Å². The van der Waals surface area contributed by atoms with Crippen LogP contribution in [0.5, 0.6) is 5.75 Å². The van der Waals surface area contributed by atoms with Crippen LogP contribution in [0.15, 0.2) is 83.8 Å². The first kappa shape index (κ1) is 24.3. The minimum Gasteiger partial charge on any atom is -0.494 e. The van der Waals surface area contributed by atoms with Gasteiger partial charge in [-0.1, -0.05) is 55.0 Å². The number of anilines is 1. The first-order chi connectivity index (χ1) is 15.8. The molecule has 0 aromatic heterocycles. The Hall–Kier alpha value is -3.32. The van der Waals surface area contributed by atoms with Crippen LogP contribution in [-0.4, -0.2) is 34.0 Å². The minimum atomic E-state index is -3.97. The van der Waals surface area contributed by atoms with Crippen LogP contribution in [0, 0.1) is 6.92 Å². The molecule has 0 radical (unpaired) electrons. The highest BCUT2D eigenvalue weighted by Crippen LogP contribution is 2.25. The van der Waals surface area contributed by atoms with Gasteiger partial charge in [0, 0.05) is 6.54 Å². The number of sulfonamides is 1. The molecule has 7 heteroatoms. The lowest BCUT2D eigenvalue weighted by Crippen LogP contribution is -2.41. The zero-order chi connectivity index (χ0) is 23.8. The molecule has 0 aliphatic rings. The number of benzene rings is 3. The van der Waals surface area contributed by atoms with E-state index in [0.29, 0.717) is 24.6 Å². The van der Waals surface area contributed by atoms with E-state index in [4.69, 9.17) is 4.74 Å². The minimum absolute atomic E-state index is 0.0944. The number of hydrogen-bond donors (Lipinski definition) is 1. The molecule has 0 bridgehead atoms. The zero-order valence-corrected chi connectivity index (χ0v) is 20.0. The molecular formula is C26H30N2O4S. The van der Waals surface area contributed by atoms with Gasteiger partial charge in [0.1, 0.15) is 12.3 Å². The molecule has 3 aromatic carbocycles. The van der Waals surface area contributed by atoms with E-state index in [2.05, 4.69) is 5.32 Å². The predicted octanol–water partition coefficient (Wildman–Crippen LogP) is 4.51. The lowest BCUT2D eigenvalue weighted by Gasteiger charge is -2.25. The molecule has 6 nitrogen and oxygen atoms in total. The monoisotopic (exact) mass is 466 g/mol. The molecule has 1 atom stereocenters. The highest BCUT2D eigenvalue weighted by molar-refractivity contribution is 7.92. The molecule has 0 spiro atoms. The summed E-state index contributed by atoms with van der Waals surface area (Å²) < 4.78 is 33.5. The third-order valence-electron chi connectivity index (χ3n) is 5.31. The summed E-state index contributed by atoms with van der Waals surface area (Å²) in [4.78, 5) is 12.9. The molecular weight excluding hydrogens is 436 g/mol. The average molecular weight is 467 g/mol. The summed E-state index contributed by atoms with van der Waals surface area (Å²) in [6, 6.07) is 23.2. The van der Waals surface area contributed by atoms with Gasteiger partial charge < -0.3 is 10.1 Å². The standard InChI is InChI=1S/C26H30N2O4S/c1-4-32-24-14-16-25(17-15-24)33(30,31)28(23-12-10-20(2)11-13-23)19-26(29)27-18-21(3)22-8-6-5-7-9-22/h5-17,21H,4,18-19H2,1-3H3,(H,27,29). The van der Waals surface area contributed by atoms with Crippen molar-refractivity contribution in [2.24, 2.45) is 0 Å². The fourth-order valence-corrected chi connectivity index (χ4v) is 4.80. The number of aryl methyl sites for hydroxylation is 1. The van der Waals surface area contributed by atoms with Gasteiger partial charge in [0.2, 0.25) is 5.91 Å². The summed E-state index contributed by atoms with van der Waals surface area (Å²) in [6.07, 6.45) is 0. The highest BCUT2D eigenvalue weighted by Gasteiger charge is 2.27. The molecule has 3 rings (SSSR count). The van der Waals surface area contributed by atoms with E-state index in [9.17, 15) is 13.2 Å². The second-order valence-corrected chi connectivity index (χ2v) is 9.73. The average Bonchev–Trinajstić information content (AvgIpc) is 2.83. The van der Waals surface area contributed by atoms with Crippen LogP contribution in [0.4, 0.5) is 5.69 Å². The Morgan fingerprint density at radius 2 is 1.61 bits per heavy atom. The number of hydrogen-bond acceptors (Lipinski definition) is 4. The van der Waals surface area contributed by atoms with E-state index in [0.717, 1.165) is 15.4 Å². The van der Waals surface area contributed by atoms with Gasteiger partial charge in [-0.25, -0.2) is 8.42 Å². The molecule has 0 aliphatic heterocycles. The number of nitrogens with one attached hydrogen (secondary N) is 1. The van der Waals surface area contributed by atoms with Crippen LogP contribution in [0.3, 0.4) is 0 Å². The van der Waals surface area contributed by atoms with Crippen molar-refractivity contribution in [3.8, 4) is 5.75 Å². The SMILES string of the molecule is CCOc1ccc(S(=O)(=O)N(CC(=O)NCC(C)c2ccccc2)c2ccc(C)cc2)cc1. The van der Waals surface area contributed by atoms with Crippen LogP contribution in [0.1, 0.15) is 30.9 Å². The van der Waals surface area contributed by atoms with E-state index in [1.807, 2.05) is 63.2 Å². The Bertz CT molecular complexity index is 1150. The Balaban J connectivity index is 1.80. The number of carbonyl (C=O) groups is 1. The highest BCUT2D eigenvalue weighted by atomic mass is 32.2. The molecule has 3 aromatic rings. The molecule has 0 fully saturated rings. The van der Waals surface area contributed by atoms with Gasteiger partial charge in [0.05, 0.1) is 17.2 Å². The number of rotatable bonds is 10. The molecule has 0 saturated heterocycles. The maximum atomic E-state index is 13.5. The van der Waals surface area contributed by atoms with Gasteiger partial charge in [-0.3, -0.25) is 9.10 Å². The molecule has 1 amide bonds. The van der Waals surface area contributed by atoms with Crippen LogP contribution < -0.4 is 14.4 Å². The summed E-state index contributed by atoms with van der Waals surface area (Å²) in [5, 5.41) is 2.88. The maximum absolute atomic E-state index is 13.5. The van der Waals surface area contributed by atoms with Gasteiger partial charge in [0.15, 0.2) is 0 Å². The predicted molar refractivity (Wildman–Crippen MR) is 131 cm³/mol. The van der Waals surface area contributed by atoms with Gasteiger partial charge in [-0.15, -0.1) is 0 Å². The summed E-state index contributed by atoms with van der Waals surface area (Å²) in [5.74, 6) is 0.324. The number of amides is 1. The Morgan fingerprint density at radius 1 is 0.970 bits per heavy atom. The number of nitrogens with zero attached hydrogens (tertiary/aromatic N) is 1. The first-order valence-corrected chi connectivity index (χ1v) is 12.4. The Morgan fingerprint density at radius 3 is 2.21 bits per heavy atom. The molecule has 1 N–H and O–H groups in total. The smallest absolute Gasteiger partial charge is 0.264 e. The largest absolute Gasteiger partial charge is 0.494 e. The molecule has 33 heavy (non-hydrogen) atoms. The van der Waals surface area contributed by atoms with Gasteiger partial charge >= 0.3 is 0 Å². The fourth-order valence-electron chi connectivity index (χ4n) is 3.38. The Labute approximate surface area is 196 Å². The summed E-state index contributed by atoms with van der Waals surface area (Å²) in [6.45, 7) is 6.38. The molecule has 1 unspecified atom stereocenters. The van der Waals surface area contributed by atoms with E-state index in [1.54, 1.807) is 24.3 Å². The van der Waals surface area contributed by atoms with Gasteiger partial charge in [-0.05, 0) is 61.7 Å². The lowest BCUT2D eigenvalue weighted by molar-refractivity contribution is -0.119. The van der Waals surface area contributed by atoms with Crippen molar-refractivity contribution < 1.29 is 17.9 Å². The maximum Gasteiger partial charge on any atom is 0.264 e. The van der Waals surface area contributed by atoms with Crippen molar-refractivity contribution in [3.63, 3.8) is 0 Å². The Kier molecular flexibility index (Phi) is 8.11. The van der Waals surface area contributed by atoms with Crippen molar-refractivity contribution >= 4 is 21.6 Å². The first-order valence-electron chi connectivity index (χ1n) is 10.9. The third-order valence-corrected chi connectivity index (χ3v) is 7.09. The van der Waals surface area contributed by atoms with Crippen molar-refractivity contribution in [2.45, 2.75) is 31.6 Å². The summed E-state index contributed by atoms with van der Waals surface area (Å²) in [5.41, 5.74) is 2.54. The quantitative estimate of drug-likeness (QED) is 0.477. The topological polar surface area (TPSA) is 75.7 Å². The summed E-state index contributed by atoms with van der Waals surface area (Å²) in [7, 11) is -3.97. The molecule has 0 heterocycles. The second-order valence-electron chi connectivity index (χ2n) is 7.87. The fraction of sp³-hybridized carbons (Fsp3) is 0.269. The molecule has 174 valence electrons. The number of ether oxygens (including phenoxy) is 1. The second kappa shape index (κ2) is 11.0. The van der Waals surface area contributed by atoms with Gasteiger partial charge in [-0.2, -0.15) is 0 Å². The van der Waals surface area contributed by atoms with Gasteiger partial charge in [0.25, 0.3) is 10.0 Å². The summed E-state index contributed by atoms with van der Waals surface area (Å²) >= 11 is 0. The van der Waals surface area contributed by atoms with Crippen LogP contribution in [0.2, 0.25) is 0 Å². The van der Waals surface area contributed by atoms with E-state index < -0.39 is 10.0 Å². The van der Waals surface area contributed by atoms with Crippen molar-refractivity contribution in [1.29, 1.82) is 0 Å². The van der Waals surface area contributed by atoms with E-state index in [1.165, 1.54) is 12.1 Å². The third kappa shape index (κ3) is 6.35. The van der Waals surface area contributed by atoms with Crippen LogP contribution >= 0.6 is 0 Å². The molecule has 0 aliphatic carbocycles. The normalized spacial score (nSPS) is 12.1. The van der Waals surface area contributed by atoms with E-state index >= 15 is 0 Å². The van der Waals surface area contributed by atoms with E-state index in [-0.39, 0.29) is 23.3 Å². The van der Waals surface area contributed by atoms with Crippen LogP contribution in [0.25, 0.3) is 0 Å². The zero-order valence-electron chi connectivity index (χ0n) is 19.2. The lowest BCUT2D eigenvalue weighted by atomic mass is 10.0.